The van der Waals surface area contributed by atoms with Crippen molar-refractivity contribution >= 4 is 22.8 Å². The Bertz CT molecular complexity index is 506. The highest BCUT2D eigenvalue weighted by Gasteiger charge is 2.10. The third-order valence-corrected chi connectivity index (χ3v) is 1.98. The fourth-order valence-corrected chi connectivity index (χ4v) is 1.34. The highest BCUT2D eigenvalue weighted by Crippen LogP contribution is 2.24. The number of aromatic nitrogens is 2. The zero-order valence-electron chi connectivity index (χ0n) is 8.02. The van der Waals surface area contributed by atoms with E-state index in [0.717, 1.165) is 5.39 Å². The third kappa shape index (κ3) is 1.74. The van der Waals surface area contributed by atoms with Gasteiger partial charge in [0.25, 0.3) is 5.71 Å². The summed E-state index contributed by atoms with van der Waals surface area (Å²) in [7, 11) is 0. The van der Waals surface area contributed by atoms with Gasteiger partial charge >= 0.3 is 5.97 Å². The number of carbonyl (C=O) groups is 1. The minimum absolute atomic E-state index is 0.149. The molecular weight excluding hydrogens is 198 g/mol. The van der Waals surface area contributed by atoms with Crippen molar-refractivity contribution in [1.82, 2.24) is 10.1 Å². The summed E-state index contributed by atoms with van der Waals surface area (Å²) in [5, 5.41) is 15.8. The molecule has 0 spiro atoms. The van der Waals surface area contributed by atoms with Crippen LogP contribution in [0.4, 0.5) is 5.69 Å². The fourth-order valence-electron chi connectivity index (χ4n) is 1.34. The molecule has 0 saturated carbocycles. The second-order valence-corrected chi connectivity index (χ2v) is 3.05. The van der Waals surface area contributed by atoms with E-state index in [4.69, 9.17) is 9.63 Å². The van der Waals surface area contributed by atoms with Gasteiger partial charge in [-0.05, 0) is 13.0 Å². The Morgan fingerprint density at radius 2 is 2.47 bits per heavy atom. The van der Waals surface area contributed by atoms with E-state index in [-0.39, 0.29) is 6.54 Å². The molecule has 0 saturated heterocycles. The van der Waals surface area contributed by atoms with Crippen LogP contribution in [-0.4, -0.2) is 27.8 Å². The van der Waals surface area contributed by atoms with E-state index >= 15 is 0 Å². The number of nitrogens with zero attached hydrogens (tertiary/aromatic N) is 2. The van der Waals surface area contributed by atoms with Crippen LogP contribution in [0.25, 0.3) is 11.1 Å². The van der Waals surface area contributed by atoms with Crippen LogP contribution in [0.5, 0.6) is 0 Å². The van der Waals surface area contributed by atoms with Gasteiger partial charge in [0.1, 0.15) is 6.54 Å². The molecule has 0 aliphatic rings. The van der Waals surface area contributed by atoms with E-state index < -0.39 is 5.97 Å². The van der Waals surface area contributed by atoms with Gasteiger partial charge in [0.2, 0.25) is 0 Å². The molecule has 2 N–H and O–H groups in total. The summed E-state index contributed by atoms with van der Waals surface area (Å²) in [5.41, 5.74) is 1.76. The van der Waals surface area contributed by atoms with Gasteiger partial charge < -0.3 is 14.9 Å². The number of pyridine rings is 1. The van der Waals surface area contributed by atoms with E-state index in [2.05, 4.69) is 15.5 Å². The summed E-state index contributed by atoms with van der Waals surface area (Å²) in [6, 6.07) is 1.69. The van der Waals surface area contributed by atoms with Crippen molar-refractivity contribution in [3.05, 3.63) is 18.0 Å². The van der Waals surface area contributed by atoms with Crippen molar-refractivity contribution in [3.8, 4) is 0 Å². The number of nitrogens with one attached hydrogen (secondary N) is 1. The first kappa shape index (κ1) is 9.45. The maximum absolute atomic E-state index is 10.4. The number of aliphatic carboxylic acids is 1. The quantitative estimate of drug-likeness (QED) is 0.781. The van der Waals surface area contributed by atoms with Crippen molar-refractivity contribution in [1.29, 1.82) is 0 Å². The smallest absolute Gasteiger partial charge is 0.322 e. The van der Waals surface area contributed by atoms with Crippen molar-refractivity contribution in [2.75, 3.05) is 11.9 Å². The topological polar surface area (TPSA) is 88.3 Å². The molecule has 2 aromatic heterocycles. The third-order valence-electron chi connectivity index (χ3n) is 1.98. The lowest BCUT2D eigenvalue weighted by atomic mass is 10.2. The number of aryl methyl sites for hydroxylation is 1. The van der Waals surface area contributed by atoms with Crippen LogP contribution < -0.4 is 5.32 Å². The summed E-state index contributed by atoms with van der Waals surface area (Å²) < 4.78 is 4.95. The van der Waals surface area contributed by atoms with Crippen molar-refractivity contribution in [2.45, 2.75) is 6.92 Å². The largest absolute Gasteiger partial charge is 0.480 e. The Morgan fingerprint density at radius 1 is 1.67 bits per heavy atom. The molecule has 78 valence electrons. The molecule has 0 unspecified atom stereocenters. The minimum Gasteiger partial charge on any atom is -0.480 e. The lowest BCUT2D eigenvalue weighted by Crippen LogP contribution is -2.12. The molecule has 2 rings (SSSR count). The van der Waals surface area contributed by atoms with Gasteiger partial charge in [0.05, 0.1) is 16.8 Å². The van der Waals surface area contributed by atoms with E-state index in [1.807, 2.05) is 0 Å². The number of hydrogen-bond donors (Lipinski definition) is 2. The minimum atomic E-state index is -0.922. The maximum atomic E-state index is 10.4. The van der Waals surface area contributed by atoms with E-state index in [1.165, 1.54) is 6.20 Å². The monoisotopic (exact) mass is 207 g/mol. The summed E-state index contributed by atoms with van der Waals surface area (Å²) in [6.07, 6.45) is 1.54. The molecule has 2 heterocycles. The lowest BCUT2D eigenvalue weighted by Gasteiger charge is -2.03. The zero-order chi connectivity index (χ0) is 10.8. The molecule has 0 amide bonds. The number of carboxylic acid groups (broad SMARTS) is 1. The molecule has 15 heavy (non-hydrogen) atoms. The number of carboxylic acids is 1. The molecule has 6 nitrogen and oxygen atoms in total. The average molecular weight is 207 g/mol. The van der Waals surface area contributed by atoms with Gasteiger partial charge in [-0.1, -0.05) is 5.16 Å². The first-order chi connectivity index (χ1) is 7.18. The molecule has 0 radical (unpaired) electrons. The van der Waals surface area contributed by atoms with Crippen molar-refractivity contribution in [2.24, 2.45) is 0 Å². The van der Waals surface area contributed by atoms with E-state index in [1.54, 1.807) is 13.0 Å². The maximum Gasteiger partial charge on any atom is 0.322 e. The lowest BCUT2D eigenvalue weighted by molar-refractivity contribution is -0.134. The molecule has 2 aromatic rings. The van der Waals surface area contributed by atoms with Gasteiger partial charge in [-0.25, -0.2) is 4.98 Å². The summed E-state index contributed by atoms with van der Waals surface area (Å²) >= 11 is 0. The molecular formula is C9H9N3O3. The fraction of sp³-hybridized carbons (Fsp3) is 0.222. The highest BCUT2D eigenvalue weighted by molar-refractivity contribution is 5.90. The number of fused-ring (bicyclic) bond motifs is 1. The van der Waals surface area contributed by atoms with Gasteiger partial charge in [-0.15, -0.1) is 0 Å². The molecule has 0 atom stereocenters. The Morgan fingerprint density at radius 3 is 3.20 bits per heavy atom. The van der Waals surface area contributed by atoms with Crippen LogP contribution in [0.3, 0.4) is 0 Å². The number of rotatable bonds is 3. The average Bonchev–Trinajstić information content (AvgIpc) is 2.58. The first-order valence-electron chi connectivity index (χ1n) is 4.35. The Hall–Kier alpha value is -2.11. The second kappa shape index (κ2) is 3.56. The van der Waals surface area contributed by atoms with Gasteiger partial charge in [-0.3, -0.25) is 4.79 Å². The normalized spacial score (nSPS) is 10.5. The number of anilines is 1. The second-order valence-electron chi connectivity index (χ2n) is 3.05. The Kier molecular flexibility index (Phi) is 2.24. The van der Waals surface area contributed by atoms with Crippen LogP contribution in [0.2, 0.25) is 0 Å². The predicted octanol–water partition coefficient (Wildman–Crippen LogP) is 1.03. The molecule has 0 bridgehead atoms. The van der Waals surface area contributed by atoms with E-state index in [0.29, 0.717) is 17.1 Å². The van der Waals surface area contributed by atoms with Gasteiger partial charge in [0, 0.05) is 6.20 Å². The number of hydrogen-bond acceptors (Lipinski definition) is 5. The molecule has 0 aliphatic heterocycles. The summed E-state index contributed by atoms with van der Waals surface area (Å²) in [5.74, 6) is -0.922. The first-order valence-corrected chi connectivity index (χ1v) is 4.35. The SMILES string of the molecule is Cc1noc2nccc(NCC(=O)O)c12. The van der Waals surface area contributed by atoms with Crippen molar-refractivity contribution in [3.63, 3.8) is 0 Å². The predicted molar refractivity (Wildman–Crippen MR) is 52.7 cm³/mol. The summed E-state index contributed by atoms with van der Waals surface area (Å²) in [4.78, 5) is 14.4. The van der Waals surface area contributed by atoms with Crippen LogP contribution in [0.1, 0.15) is 5.69 Å². The zero-order valence-corrected chi connectivity index (χ0v) is 8.02. The Balaban J connectivity index is 2.41. The van der Waals surface area contributed by atoms with Crippen LogP contribution >= 0.6 is 0 Å². The highest BCUT2D eigenvalue weighted by atomic mass is 16.5. The standard InChI is InChI=1S/C9H9N3O3/c1-5-8-6(11-4-7(13)14)2-3-10-9(8)15-12-5/h2-3H,4H2,1H3,(H,10,11)(H,13,14). The van der Waals surface area contributed by atoms with Gasteiger partial charge in [0.15, 0.2) is 0 Å². The molecule has 6 heteroatoms. The molecule has 0 aromatic carbocycles. The summed E-state index contributed by atoms with van der Waals surface area (Å²) in [6.45, 7) is 1.63. The van der Waals surface area contributed by atoms with Gasteiger partial charge in [-0.2, -0.15) is 0 Å². The van der Waals surface area contributed by atoms with Crippen LogP contribution in [0.15, 0.2) is 16.8 Å². The van der Waals surface area contributed by atoms with Crippen LogP contribution in [-0.2, 0) is 4.79 Å². The van der Waals surface area contributed by atoms with Crippen LogP contribution in [0, 0.1) is 6.92 Å². The van der Waals surface area contributed by atoms with Crippen molar-refractivity contribution < 1.29 is 14.4 Å². The Labute approximate surface area is 84.9 Å². The van der Waals surface area contributed by atoms with E-state index in [9.17, 15) is 4.79 Å². The molecule has 0 aliphatic carbocycles. The molecule has 0 fully saturated rings.